The van der Waals surface area contributed by atoms with Crippen LogP contribution in [-0.2, 0) is 4.79 Å². The third-order valence-electron chi connectivity index (χ3n) is 5.51. The quantitative estimate of drug-likeness (QED) is 0.894. The molecule has 2 saturated heterocycles. The molecule has 2 amide bonds. The van der Waals surface area contributed by atoms with Gasteiger partial charge < -0.3 is 10.2 Å². The van der Waals surface area contributed by atoms with Gasteiger partial charge in [0.2, 0.25) is 5.91 Å². The minimum Gasteiger partial charge on any atom is -0.350 e. The molecule has 0 radical (unpaired) electrons. The molecule has 1 aromatic carbocycles. The number of carbonyl (C=O) groups is 2. The summed E-state index contributed by atoms with van der Waals surface area (Å²) in [6.45, 7) is 8.17. The molecule has 1 N–H and O–H groups in total. The van der Waals surface area contributed by atoms with Crippen molar-refractivity contribution in [3.8, 4) is 0 Å². The van der Waals surface area contributed by atoms with E-state index in [9.17, 15) is 9.59 Å². The van der Waals surface area contributed by atoms with Crippen molar-refractivity contribution in [3.63, 3.8) is 0 Å². The number of nitrogens with zero attached hydrogens (tertiary/aromatic N) is 2. The van der Waals surface area contributed by atoms with Crippen molar-refractivity contribution in [3.05, 3.63) is 29.8 Å². The highest BCUT2D eigenvalue weighted by Gasteiger charge is 2.22. The molecule has 1 unspecified atom stereocenters. The van der Waals surface area contributed by atoms with Crippen LogP contribution in [0.25, 0.3) is 0 Å². The number of rotatable bonds is 5. The van der Waals surface area contributed by atoms with Crippen LogP contribution in [0.4, 0.5) is 5.69 Å². The second-order valence-electron chi connectivity index (χ2n) is 7.47. The molecule has 0 aromatic heterocycles. The summed E-state index contributed by atoms with van der Waals surface area (Å²) in [6.07, 6.45) is 4.02. The Morgan fingerprint density at radius 2 is 1.88 bits per heavy atom. The predicted molar refractivity (Wildman–Crippen MR) is 99.8 cm³/mol. The van der Waals surface area contributed by atoms with Gasteiger partial charge >= 0.3 is 0 Å². The molecule has 1 aromatic rings. The summed E-state index contributed by atoms with van der Waals surface area (Å²) in [5.74, 6) is 0.942. The number of amides is 2. The van der Waals surface area contributed by atoms with Crippen molar-refractivity contribution in [2.45, 2.75) is 45.6 Å². The third kappa shape index (κ3) is 4.40. The first-order valence-corrected chi connectivity index (χ1v) is 9.47. The number of benzene rings is 1. The maximum Gasteiger partial charge on any atom is 0.251 e. The highest BCUT2D eigenvalue weighted by Crippen LogP contribution is 2.21. The van der Waals surface area contributed by atoms with Crippen LogP contribution < -0.4 is 10.2 Å². The van der Waals surface area contributed by atoms with Crippen molar-refractivity contribution < 1.29 is 9.59 Å². The van der Waals surface area contributed by atoms with E-state index in [1.807, 2.05) is 24.3 Å². The highest BCUT2D eigenvalue weighted by molar-refractivity contribution is 5.97. The van der Waals surface area contributed by atoms with Gasteiger partial charge in [-0.3, -0.25) is 14.5 Å². The molecule has 136 valence electrons. The van der Waals surface area contributed by atoms with Gasteiger partial charge in [0.25, 0.3) is 5.91 Å². The zero-order valence-electron chi connectivity index (χ0n) is 15.3. The summed E-state index contributed by atoms with van der Waals surface area (Å²) in [5.41, 5.74) is 1.53. The first-order chi connectivity index (χ1) is 12.0. The van der Waals surface area contributed by atoms with Crippen LogP contribution in [0.3, 0.4) is 0 Å². The number of carbonyl (C=O) groups excluding carboxylic acids is 2. The summed E-state index contributed by atoms with van der Waals surface area (Å²) >= 11 is 0. The van der Waals surface area contributed by atoms with Gasteiger partial charge in [-0.05, 0) is 69.5 Å². The Balaban J connectivity index is 1.50. The van der Waals surface area contributed by atoms with Gasteiger partial charge in [0.15, 0.2) is 0 Å². The molecular weight excluding hydrogens is 314 g/mol. The molecule has 1 atom stereocenters. The second kappa shape index (κ2) is 8.00. The van der Waals surface area contributed by atoms with E-state index in [2.05, 4.69) is 24.1 Å². The van der Waals surface area contributed by atoms with E-state index < -0.39 is 0 Å². The fourth-order valence-electron chi connectivity index (χ4n) is 3.65. The van der Waals surface area contributed by atoms with Crippen LogP contribution >= 0.6 is 0 Å². The first-order valence-electron chi connectivity index (χ1n) is 9.47. The van der Waals surface area contributed by atoms with Crippen LogP contribution in [0.1, 0.15) is 49.9 Å². The highest BCUT2D eigenvalue weighted by atomic mass is 16.2. The van der Waals surface area contributed by atoms with Crippen molar-refractivity contribution in [1.29, 1.82) is 0 Å². The zero-order chi connectivity index (χ0) is 17.8. The summed E-state index contributed by atoms with van der Waals surface area (Å²) in [4.78, 5) is 28.4. The number of hydrogen-bond donors (Lipinski definition) is 1. The molecule has 5 heteroatoms. The molecule has 3 rings (SSSR count). The van der Waals surface area contributed by atoms with Crippen LogP contribution in [0.2, 0.25) is 0 Å². The summed E-state index contributed by atoms with van der Waals surface area (Å²) in [6, 6.07) is 7.71. The van der Waals surface area contributed by atoms with Gasteiger partial charge in [0, 0.05) is 36.8 Å². The Hall–Kier alpha value is -1.88. The number of likely N-dealkylation sites (tertiary alicyclic amines) is 1. The van der Waals surface area contributed by atoms with Gasteiger partial charge in [-0.15, -0.1) is 0 Å². The lowest BCUT2D eigenvalue weighted by Gasteiger charge is -2.35. The van der Waals surface area contributed by atoms with Crippen molar-refractivity contribution >= 4 is 17.5 Å². The van der Waals surface area contributed by atoms with Crippen molar-refractivity contribution in [1.82, 2.24) is 10.2 Å². The first kappa shape index (κ1) is 17.9. The van der Waals surface area contributed by atoms with Crippen LogP contribution in [-0.4, -0.2) is 48.9 Å². The van der Waals surface area contributed by atoms with Gasteiger partial charge in [-0.1, -0.05) is 6.92 Å². The average Bonchev–Trinajstić information content (AvgIpc) is 3.06. The number of nitrogens with one attached hydrogen (secondary N) is 1. The maximum atomic E-state index is 12.4. The molecule has 5 nitrogen and oxygen atoms in total. The van der Waals surface area contributed by atoms with Crippen LogP contribution in [0, 0.1) is 5.92 Å². The van der Waals surface area contributed by atoms with E-state index in [0.29, 0.717) is 24.6 Å². The van der Waals surface area contributed by atoms with E-state index in [4.69, 9.17) is 0 Å². The van der Waals surface area contributed by atoms with Gasteiger partial charge in [0.05, 0.1) is 0 Å². The third-order valence-corrected chi connectivity index (χ3v) is 5.51. The predicted octanol–water partition coefficient (Wildman–Crippen LogP) is 2.66. The topological polar surface area (TPSA) is 52.7 Å². The van der Waals surface area contributed by atoms with Gasteiger partial charge in [0.1, 0.15) is 0 Å². The Morgan fingerprint density at radius 3 is 2.48 bits per heavy atom. The number of anilines is 1. The van der Waals surface area contributed by atoms with Crippen molar-refractivity contribution in [2.75, 3.05) is 31.1 Å². The average molecular weight is 343 g/mol. The maximum absolute atomic E-state index is 12.4. The lowest BCUT2D eigenvalue weighted by atomic mass is 9.98. The second-order valence-corrected chi connectivity index (χ2v) is 7.47. The summed E-state index contributed by atoms with van der Waals surface area (Å²) in [7, 11) is 0. The molecule has 0 saturated carbocycles. The molecule has 25 heavy (non-hydrogen) atoms. The summed E-state index contributed by atoms with van der Waals surface area (Å²) in [5, 5.41) is 3.04. The minimum atomic E-state index is -0.0449. The van der Waals surface area contributed by atoms with Gasteiger partial charge in [-0.2, -0.15) is 0 Å². The number of hydrogen-bond acceptors (Lipinski definition) is 3. The standard InChI is InChI=1S/C20H29N3O2/c1-15-9-12-22(13-10-15)16(2)14-21-20(25)17-5-7-18(8-6-17)23-11-3-4-19(23)24/h5-8,15-16H,3-4,9-14H2,1-2H3,(H,21,25). The Kier molecular flexibility index (Phi) is 5.74. The minimum absolute atomic E-state index is 0.0449. The molecule has 0 spiro atoms. The molecule has 2 heterocycles. The Bertz CT molecular complexity index is 606. The van der Waals surface area contributed by atoms with E-state index in [-0.39, 0.29) is 11.8 Å². The lowest BCUT2D eigenvalue weighted by Crippen LogP contribution is -2.45. The van der Waals surface area contributed by atoms with Gasteiger partial charge in [-0.25, -0.2) is 0 Å². The van der Waals surface area contributed by atoms with E-state index in [1.54, 1.807) is 4.90 Å². The largest absolute Gasteiger partial charge is 0.350 e. The molecule has 0 bridgehead atoms. The smallest absolute Gasteiger partial charge is 0.251 e. The Morgan fingerprint density at radius 1 is 1.20 bits per heavy atom. The SMILES string of the molecule is CC1CCN(C(C)CNC(=O)c2ccc(N3CCCC3=O)cc2)CC1. The Labute approximate surface area is 150 Å². The normalized spacial score (nSPS) is 20.7. The van der Waals surface area contributed by atoms with E-state index in [0.717, 1.165) is 37.7 Å². The lowest BCUT2D eigenvalue weighted by molar-refractivity contribution is -0.117. The molecular formula is C20H29N3O2. The van der Waals surface area contributed by atoms with Crippen LogP contribution in [0.5, 0.6) is 0 Å². The van der Waals surface area contributed by atoms with Crippen molar-refractivity contribution in [2.24, 2.45) is 5.92 Å². The fourth-order valence-corrected chi connectivity index (χ4v) is 3.65. The molecule has 0 aliphatic carbocycles. The van der Waals surface area contributed by atoms with E-state index in [1.165, 1.54) is 12.8 Å². The fraction of sp³-hybridized carbons (Fsp3) is 0.600. The summed E-state index contributed by atoms with van der Waals surface area (Å²) < 4.78 is 0. The molecule has 2 aliphatic rings. The molecule has 2 aliphatic heterocycles. The monoisotopic (exact) mass is 343 g/mol. The number of piperidine rings is 1. The van der Waals surface area contributed by atoms with Crippen LogP contribution in [0.15, 0.2) is 24.3 Å². The van der Waals surface area contributed by atoms with E-state index >= 15 is 0 Å². The zero-order valence-corrected chi connectivity index (χ0v) is 15.3. The molecule has 2 fully saturated rings.